The van der Waals surface area contributed by atoms with E-state index >= 15 is 0 Å². The maximum Gasteiger partial charge on any atom is 0.103 e. The second-order valence-electron chi connectivity index (χ2n) is 6.42. The van der Waals surface area contributed by atoms with Crippen molar-refractivity contribution >= 4 is 11.5 Å². The summed E-state index contributed by atoms with van der Waals surface area (Å²) in [6.07, 6.45) is 4.32. The lowest BCUT2D eigenvalue weighted by Gasteiger charge is -2.09. The average molecular weight is 332 g/mol. The molecule has 0 amide bonds. The molecule has 0 atom stereocenters. The molecule has 0 spiro atoms. The van der Waals surface area contributed by atoms with Gasteiger partial charge in [-0.1, -0.05) is 80.1 Å². The number of hydrogen-bond donors (Lipinski definition) is 1. The Balaban J connectivity index is 2.29. The Morgan fingerprint density at radius 2 is 1.56 bits per heavy atom. The molecule has 2 heteroatoms. The van der Waals surface area contributed by atoms with E-state index < -0.39 is 0 Å². The van der Waals surface area contributed by atoms with E-state index in [-0.39, 0.29) is 0 Å². The molecule has 0 radical (unpaired) electrons. The van der Waals surface area contributed by atoms with Gasteiger partial charge in [0.15, 0.2) is 0 Å². The van der Waals surface area contributed by atoms with E-state index in [1.54, 1.807) is 0 Å². The summed E-state index contributed by atoms with van der Waals surface area (Å²) in [5.41, 5.74) is 6.76. The first-order chi connectivity index (χ1) is 12.0. The standard InChI is InChI=1S/C23H28N2/c1-6-7-8-23(25-19(5)24-17(2)3)22-15-13-21(14-16-22)20-11-9-18(4)10-12-20/h8-16H,2,6-7H2,1,3-5H3,(H,24,25). The second kappa shape index (κ2) is 9.03. The minimum atomic E-state index is 0.859. The highest BCUT2D eigenvalue weighted by Gasteiger charge is 2.03. The van der Waals surface area contributed by atoms with Crippen LogP contribution < -0.4 is 5.32 Å². The Labute approximate surface area is 152 Å². The maximum atomic E-state index is 4.74. The number of unbranched alkanes of at least 4 members (excludes halogenated alkanes) is 1. The number of amidine groups is 1. The normalized spacial score (nSPS) is 12.2. The summed E-state index contributed by atoms with van der Waals surface area (Å²) >= 11 is 0. The number of hydrogen-bond acceptors (Lipinski definition) is 1. The minimum Gasteiger partial charge on any atom is -0.348 e. The summed E-state index contributed by atoms with van der Waals surface area (Å²) in [7, 11) is 0. The molecular formula is C23H28N2. The first-order valence-corrected chi connectivity index (χ1v) is 8.85. The van der Waals surface area contributed by atoms with Crippen LogP contribution in [0.5, 0.6) is 0 Å². The van der Waals surface area contributed by atoms with Gasteiger partial charge in [0.1, 0.15) is 5.84 Å². The third-order valence-corrected chi connectivity index (χ3v) is 3.87. The van der Waals surface area contributed by atoms with Crippen molar-refractivity contribution in [2.24, 2.45) is 4.99 Å². The number of rotatable bonds is 6. The molecule has 130 valence electrons. The molecule has 1 N–H and O–H groups in total. The molecule has 25 heavy (non-hydrogen) atoms. The Morgan fingerprint density at radius 1 is 1.00 bits per heavy atom. The third-order valence-electron chi connectivity index (χ3n) is 3.87. The Hall–Kier alpha value is -2.61. The van der Waals surface area contributed by atoms with Crippen molar-refractivity contribution in [2.45, 2.75) is 40.5 Å². The van der Waals surface area contributed by atoms with E-state index in [9.17, 15) is 0 Å². The Kier molecular flexibility index (Phi) is 6.76. The van der Waals surface area contributed by atoms with E-state index in [0.717, 1.165) is 35.6 Å². The first-order valence-electron chi connectivity index (χ1n) is 8.85. The summed E-state index contributed by atoms with van der Waals surface area (Å²) in [6, 6.07) is 17.2. The van der Waals surface area contributed by atoms with E-state index in [0.29, 0.717) is 0 Å². The summed E-state index contributed by atoms with van der Waals surface area (Å²) in [5.74, 6) is 0.859. The number of nitrogens with one attached hydrogen (secondary N) is 1. The number of allylic oxidation sites excluding steroid dienone is 2. The number of aryl methyl sites for hydroxylation is 1. The van der Waals surface area contributed by atoms with Crippen molar-refractivity contribution in [2.75, 3.05) is 0 Å². The monoisotopic (exact) mass is 332 g/mol. The molecule has 0 aliphatic rings. The zero-order valence-corrected chi connectivity index (χ0v) is 15.8. The van der Waals surface area contributed by atoms with Crippen molar-refractivity contribution in [1.29, 1.82) is 0 Å². The molecule has 0 bridgehead atoms. The van der Waals surface area contributed by atoms with Gasteiger partial charge in [0.2, 0.25) is 0 Å². The molecule has 0 aromatic heterocycles. The molecular weight excluding hydrogens is 304 g/mol. The lowest BCUT2D eigenvalue weighted by Crippen LogP contribution is -2.17. The van der Waals surface area contributed by atoms with E-state index in [1.165, 1.54) is 16.7 Å². The molecule has 0 aliphatic carbocycles. The average Bonchev–Trinajstić information content (AvgIpc) is 2.59. The van der Waals surface area contributed by atoms with Crippen LogP contribution in [-0.2, 0) is 0 Å². The van der Waals surface area contributed by atoms with Crippen molar-refractivity contribution < 1.29 is 0 Å². The van der Waals surface area contributed by atoms with E-state index in [1.807, 2.05) is 13.8 Å². The fraction of sp³-hybridized carbons (Fsp3) is 0.261. The zero-order chi connectivity index (χ0) is 18.2. The maximum absolute atomic E-state index is 4.74. The molecule has 0 aliphatic heterocycles. The number of aliphatic imine (C=N–C) groups is 1. The molecule has 2 aromatic carbocycles. The highest BCUT2D eigenvalue weighted by atomic mass is 15.0. The molecule has 0 fully saturated rings. The summed E-state index contributed by atoms with van der Waals surface area (Å²) < 4.78 is 0. The first kappa shape index (κ1) is 18.7. The van der Waals surface area contributed by atoms with Gasteiger partial charge in [-0.15, -0.1) is 0 Å². The highest BCUT2D eigenvalue weighted by Crippen LogP contribution is 2.24. The van der Waals surface area contributed by atoms with Crippen LogP contribution in [0.2, 0.25) is 0 Å². The van der Waals surface area contributed by atoms with Gasteiger partial charge in [0, 0.05) is 5.70 Å². The molecule has 0 unspecified atom stereocenters. The summed E-state index contributed by atoms with van der Waals surface area (Å²) in [6.45, 7) is 12.1. The van der Waals surface area contributed by atoms with Gasteiger partial charge in [-0.2, -0.15) is 0 Å². The van der Waals surface area contributed by atoms with Crippen LogP contribution in [-0.4, -0.2) is 5.84 Å². The predicted molar refractivity (Wildman–Crippen MR) is 111 cm³/mol. The topological polar surface area (TPSA) is 24.4 Å². The number of nitrogens with zero attached hydrogens (tertiary/aromatic N) is 1. The van der Waals surface area contributed by atoms with Gasteiger partial charge < -0.3 is 5.32 Å². The molecule has 0 saturated heterocycles. The van der Waals surface area contributed by atoms with Crippen LogP contribution in [0.4, 0.5) is 0 Å². The van der Waals surface area contributed by atoms with Crippen molar-refractivity contribution in [3.05, 3.63) is 78.0 Å². The van der Waals surface area contributed by atoms with E-state index in [2.05, 4.69) is 80.4 Å². The van der Waals surface area contributed by atoms with Crippen LogP contribution >= 0.6 is 0 Å². The van der Waals surface area contributed by atoms with Gasteiger partial charge in [-0.05, 0) is 43.9 Å². The summed E-state index contributed by atoms with van der Waals surface area (Å²) in [4.78, 5) is 4.74. The minimum absolute atomic E-state index is 0.859. The van der Waals surface area contributed by atoms with Crippen LogP contribution in [0, 0.1) is 6.92 Å². The second-order valence-corrected chi connectivity index (χ2v) is 6.42. The van der Waals surface area contributed by atoms with Gasteiger partial charge in [-0.3, -0.25) is 0 Å². The van der Waals surface area contributed by atoms with Crippen LogP contribution in [0.15, 0.2) is 71.9 Å². The van der Waals surface area contributed by atoms with Gasteiger partial charge >= 0.3 is 0 Å². The number of benzene rings is 2. The molecule has 0 heterocycles. The molecule has 2 nitrogen and oxygen atoms in total. The van der Waals surface area contributed by atoms with Gasteiger partial charge in [0.25, 0.3) is 0 Å². The smallest absolute Gasteiger partial charge is 0.103 e. The SMILES string of the molecule is C=C(C)NC(C)=NC(=CCCC)c1ccc(-c2ccc(C)cc2)cc1. The van der Waals surface area contributed by atoms with Gasteiger partial charge in [-0.25, -0.2) is 4.99 Å². The largest absolute Gasteiger partial charge is 0.348 e. The molecule has 0 saturated carbocycles. The predicted octanol–water partition coefficient (Wildman–Crippen LogP) is 6.34. The lowest BCUT2D eigenvalue weighted by atomic mass is 10.0. The van der Waals surface area contributed by atoms with Crippen LogP contribution in [0.3, 0.4) is 0 Å². The fourth-order valence-electron chi connectivity index (χ4n) is 2.61. The highest BCUT2D eigenvalue weighted by molar-refractivity contribution is 5.87. The van der Waals surface area contributed by atoms with Crippen molar-refractivity contribution in [3.63, 3.8) is 0 Å². The Morgan fingerprint density at radius 3 is 2.08 bits per heavy atom. The molecule has 2 rings (SSSR count). The Bertz CT molecular complexity index is 763. The van der Waals surface area contributed by atoms with Crippen molar-refractivity contribution in [3.8, 4) is 11.1 Å². The van der Waals surface area contributed by atoms with Crippen LogP contribution in [0.1, 0.15) is 44.7 Å². The lowest BCUT2D eigenvalue weighted by molar-refractivity contribution is 0.958. The molecule has 2 aromatic rings. The fourth-order valence-corrected chi connectivity index (χ4v) is 2.61. The third kappa shape index (κ3) is 5.75. The van der Waals surface area contributed by atoms with Gasteiger partial charge in [0.05, 0.1) is 5.70 Å². The van der Waals surface area contributed by atoms with Crippen LogP contribution in [0.25, 0.3) is 16.8 Å². The van der Waals surface area contributed by atoms with E-state index in [4.69, 9.17) is 4.99 Å². The zero-order valence-electron chi connectivity index (χ0n) is 15.8. The van der Waals surface area contributed by atoms with Crippen molar-refractivity contribution in [1.82, 2.24) is 5.32 Å². The summed E-state index contributed by atoms with van der Waals surface area (Å²) in [5, 5.41) is 3.18. The quantitative estimate of drug-likeness (QED) is 0.484.